The molecule has 2 aromatic rings. The highest BCUT2D eigenvalue weighted by Gasteiger charge is 2.31. The van der Waals surface area contributed by atoms with E-state index in [-0.39, 0.29) is 12.0 Å². The fourth-order valence-electron chi connectivity index (χ4n) is 3.87. The Balaban J connectivity index is 1.58. The van der Waals surface area contributed by atoms with Crippen LogP contribution in [-0.4, -0.2) is 45.8 Å². The SMILES string of the molecule is CCCCC(CC)C(=O)N1CCN(c2nc(Cc3ccccc3)ns2)CC1C. The molecular weight excluding hydrogens is 368 g/mol. The van der Waals surface area contributed by atoms with Gasteiger partial charge < -0.3 is 9.80 Å². The van der Waals surface area contributed by atoms with Crippen molar-refractivity contribution in [3.8, 4) is 0 Å². The van der Waals surface area contributed by atoms with Gasteiger partial charge in [-0.25, -0.2) is 4.98 Å². The molecule has 28 heavy (non-hydrogen) atoms. The van der Waals surface area contributed by atoms with Gasteiger partial charge >= 0.3 is 0 Å². The van der Waals surface area contributed by atoms with Gasteiger partial charge in [-0.1, -0.05) is 57.0 Å². The molecule has 0 N–H and O–H groups in total. The minimum Gasteiger partial charge on any atom is -0.343 e. The second kappa shape index (κ2) is 10.0. The Morgan fingerprint density at radius 3 is 2.71 bits per heavy atom. The molecule has 0 aliphatic carbocycles. The number of carbonyl (C=O) groups excluding carboxylic acids is 1. The number of anilines is 1. The van der Waals surface area contributed by atoms with Crippen molar-refractivity contribution in [2.45, 2.75) is 58.9 Å². The lowest BCUT2D eigenvalue weighted by Gasteiger charge is -2.41. The Morgan fingerprint density at radius 1 is 1.25 bits per heavy atom. The number of nitrogens with zero attached hydrogens (tertiary/aromatic N) is 4. The summed E-state index contributed by atoms with van der Waals surface area (Å²) in [5, 5.41) is 0.975. The van der Waals surface area contributed by atoms with Crippen LogP contribution in [0.15, 0.2) is 30.3 Å². The highest BCUT2D eigenvalue weighted by atomic mass is 32.1. The number of hydrogen-bond donors (Lipinski definition) is 0. The van der Waals surface area contributed by atoms with Crippen LogP contribution in [0.2, 0.25) is 0 Å². The molecule has 0 radical (unpaired) electrons. The molecule has 2 atom stereocenters. The molecule has 2 heterocycles. The summed E-state index contributed by atoms with van der Waals surface area (Å²) in [7, 11) is 0. The van der Waals surface area contributed by atoms with Crippen LogP contribution in [0.25, 0.3) is 0 Å². The Labute approximate surface area is 172 Å². The lowest BCUT2D eigenvalue weighted by molar-refractivity contribution is -0.138. The van der Waals surface area contributed by atoms with Gasteiger partial charge in [-0.15, -0.1) is 0 Å². The summed E-state index contributed by atoms with van der Waals surface area (Å²) in [6.45, 7) is 8.91. The number of carbonyl (C=O) groups is 1. The molecule has 1 aromatic carbocycles. The van der Waals surface area contributed by atoms with E-state index in [1.54, 1.807) is 0 Å². The van der Waals surface area contributed by atoms with Crippen LogP contribution >= 0.6 is 11.5 Å². The maximum Gasteiger partial charge on any atom is 0.226 e. The molecular formula is C22H32N4OS. The summed E-state index contributed by atoms with van der Waals surface area (Å²) in [4.78, 5) is 22.1. The lowest BCUT2D eigenvalue weighted by Crippen LogP contribution is -2.55. The van der Waals surface area contributed by atoms with Crippen LogP contribution in [0.4, 0.5) is 5.13 Å². The van der Waals surface area contributed by atoms with Crippen molar-refractivity contribution in [2.24, 2.45) is 5.92 Å². The monoisotopic (exact) mass is 400 g/mol. The maximum absolute atomic E-state index is 13.0. The second-order valence-corrected chi connectivity index (χ2v) is 8.46. The number of unbranched alkanes of at least 4 members (excludes halogenated alkanes) is 1. The molecule has 1 aromatic heterocycles. The second-order valence-electron chi connectivity index (χ2n) is 7.73. The number of hydrogen-bond acceptors (Lipinski definition) is 5. The predicted octanol–water partition coefficient (Wildman–Crippen LogP) is 4.38. The van der Waals surface area contributed by atoms with E-state index in [1.807, 2.05) is 18.2 Å². The third-order valence-corrected chi connectivity index (χ3v) is 6.41. The van der Waals surface area contributed by atoms with E-state index in [0.717, 1.165) is 62.7 Å². The normalized spacial score (nSPS) is 18.3. The average molecular weight is 401 g/mol. The van der Waals surface area contributed by atoms with E-state index < -0.39 is 0 Å². The lowest BCUT2D eigenvalue weighted by atomic mass is 9.96. The summed E-state index contributed by atoms with van der Waals surface area (Å²) >= 11 is 1.47. The Morgan fingerprint density at radius 2 is 2.04 bits per heavy atom. The van der Waals surface area contributed by atoms with Gasteiger partial charge in [0.15, 0.2) is 0 Å². The van der Waals surface area contributed by atoms with E-state index in [4.69, 9.17) is 4.98 Å². The summed E-state index contributed by atoms with van der Waals surface area (Å²) in [6.07, 6.45) is 4.99. The minimum absolute atomic E-state index is 0.174. The van der Waals surface area contributed by atoms with Gasteiger partial charge in [0.1, 0.15) is 5.82 Å². The first kappa shape index (κ1) is 20.8. The number of rotatable bonds is 8. The van der Waals surface area contributed by atoms with Gasteiger partial charge in [0.2, 0.25) is 11.0 Å². The van der Waals surface area contributed by atoms with Crippen LogP contribution in [0.5, 0.6) is 0 Å². The van der Waals surface area contributed by atoms with Gasteiger partial charge in [0.05, 0.1) is 0 Å². The topological polar surface area (TPSA) is 49.3 Å². The van der Waals surface area contributed by atoms with Crippen LogP contribution in [0, 0.1) is 5.92 Å². The molecule has 152 valence electrons. The molecule has 1 aliphatic heterocycles. The Kier molecular flexibility index (Phi) is 7.43. The molecule has 1 saturated heterocycles. The van der Waals surface area contributed by atoms with Gasteiger partial charge in [-0.3, -0.25) is 4.79 Å². The molecule has 2 unspecified atom stereocenters. The van der Waals surface area contributed by atoms with Crippen molar-refractivity contribution in [1.29, 1.82) is 0 Å². The van der Waals surface area contributed by atoms with E-state index in [9.17, 15) is 4.79 Å². The zero-order valence-electron chi connectivity index (χ0n) is 17.3. The zero-order valence-corrected chi connectivity index (χ0v) is 18.1. The van der Waals surface area contributed by atoms with Crippen molar-refractivity contribution in [2.75, 3.05) is 24.5 Å². The van der Waals surface area contributed by atoms with Crippen LogP contribution in [0.3, 0.4) is 0 Å². The smallest absolute Gasteiger partial charge is 0.226 e. The highest BCUT2D eigenvalue weighted by molar-refractivity contribution is 7.09. The molecule has 0 bridgehead atoms. The molecule has 3 rings (SSSR count). The van der Waals surface area contributed by atoms with Crippen molar-refractivity contribution in [3.63, 3.8) is 0 Å². The first-order chi connectivity index (χ1) is 13.6. The molecule has 0 spiro atoms. The molecule has 1 amide bonds. The fraction of sp³-hybridized carbons (Fsp3) is 0.591. The van der Waals surface area contributed by atoms with Crippen molar-refractivity contribution >= 4 is 22.6 Å². The van der Waals surface area contributed by atoms with E-state index >= 15 is 0 Å². The van der Waals surface area contributed by atoms with E-state index in [0.29, 0.717) is 5.91 Å². The number of amides is 1. The molecule has 5 nitrogen and oxygen atoms in total. The van der Waals surface area contributed by atoms with Gasteiger partial charge in [-0.05, 0) is 25.3 Å². The summed E-state index contributed by atoms with van der Waals surface area (Å²) in [6, 6.07) is 10.5. The van der Waals surface area contributed by atoms with Crippen LogP contribution < -0.4 is 4.90 Å². The van der Waals surface area contributed by atoms with Crippen molar-refractivity contribution in [1.82, 2.24) is 14.3 Å². The van der Waals surface area contributed by atoms with E-state index in [1.165, 1.54) is 17.1 Å². The predicted molar refractivity (Wildman–Crippen MR) is 116 cm³/mol. The standard InChI is InChI=1S/C22H32N4OS/c1-4-6-12-19(5-2)21(27)26-14-13-25(16-17(26)3)22-23-20(24-28-22)15-18-10-8-7-9-11-18/h7-11,17,19H,4-6,12-16H2,1-3H3. The Bertz CT molecular complexity index is 748. The van der Waals surface area contributed by atoms with Gasteiger partial charge in [0.25, 0.3) is 0 Å². The third-order valence-electron chi connectivity index (χ3n) is 5.59. The van der Waals surface area contributed by atoms with Crippen molar-refractivity contribution < 1.29 is 4.79 Å². The van der Waals surface area contributed by atoms with Gasteiger partial charge in [0, 0.05) is 49.5 Å². The van der Waals surface area contributed by atoms with E-state index in [2.05, 4.69) is 47.1 Å². The number of piperazine rings is 1. The highest BCUT2D eigenvalue weighted by Crippen LogP contribution is 2.25. The largest absolute Gasteiger partial charge is 0.343 e. The summed E-state index contributed by atoms with van der Waals surface area (Å²) in [5.41, 5.74) is 1.23. The van der Waals surface area contributed by atoms with Crippen molar-refractivity contribution in [3.05, 3.63) is 41.7 Å². The van der Waals surface area contributed by atoms with Crippen LogP contribution in [-0.2, 0) is 11.2 Å². The minimum atomic E-state index is 0.174. The molecule has 1 fully saturated rings. The van der Waals surface area contributed by atoms with Crippen LogP contribution in [0.1, 0.15) is 57.8 Å². The first-order valence-corrected chi connectivity index (χ1v) is 11.3. The molecule has 6 heteroatoms. The number of benzene rings is 1. The summed E-state index contributed by atoms with van der Waals surface area (Å²) < 4.78 is 4.55. The summed E-state index contributed by atoms with van der Waals surface area (Å²) in [5.74, 6) is 1.39. The molecule has 0 saturated carbocycles. The maximum atomic E-state index is 13.0. The quantitative estimate of drug-likeness (QED) is 0.660. The molecule has 1 aliphatic rings. The average Bonchev–Trinajstić information content (AvgIpc) is 3.17. The first-order valence-electron chi connectivity index (χ1n) is 10.5. The number of aromatic nitrogens is 2. The Hall–Kier alpha value is -1.95. The zero-order chi connectivity index (χ0) is 19.9. The van der Waals surface area contributed by atoms with Gasteiger partial charge in [-0.2, -0.15) is 4.37 Å². The fourth-order valence-corrected chi connectivity index (χ4v) is 4.59. The third kappa shape index (κ3) is 5.10.